The molecule has 0 aliphatic carbocycles. The molecule has 1 heterocycles. The molecule has 0 aromatic heterocycles. The number of likely N-dealkylation sites (N-methyl/N-ethyl adjacent to an activating group) is 1. The number of carbonyl (C=O) groups excluding carboxylic acids is 2. The van der Waals surface area contributed by atoms with Crippen molar-refractivity contribution in [2.75, 3.05) is 27.7 Å². The fourth-order valence-electron chi connectivity index (χ4n) is 2.40. The first kappa shape index (κ1) is 15.3. The molecule has 0 saturated carbocycles. The van der Waals surface area contributed by atoms with Gasteiger partial charge in [-0.1, -0.05) is 12.1 Å². The molecule has 1 atom stereocenters. The second-order valence-electron chi connectivity index (χ2n) is 5.34. The van der Waals surface area contributed by atoms with Crippen molar-refractivity contribution >= 4 is 11.8 Å². The van der Waals surface area contributed by atoms with Crippen LogP contribution in [0.5, 0.6) is 5.75 Å². The maximum atomic E-state index is 12.0. The summed E-state index contributed by atoms with van der Waals surface area (Å²) >= 11 is 0. The summed E-state index contributed by atoms with van der Waals surface area (Å²) in [6, 6.07) is 7.59. The van der Waals surface area contributed by atoms with Gasteiger partial charge in [0.2, 0.25) is 0 Å². The van der Waals surface area contributed by atoms with Gasteiger partial charge in [0.15, 0.2) is 0 Å². The molecule has 1 aliphatic heterocycles. The molecule has 2 amide bonds. The van der Waals surface area contributed by atoms with Crippen molar-refractivity contribution in [3.8, 4) is 5.75 Å². The maximum absolute atomic E-state index is 12.0. The van der Waals surface area contributed by atoms with E-state index in [1.165, 1.54) is 11.0 Å². The second kappa shape index (κ2) is 6.10. The van der Waals surface area contributed by atoms with Crippen molar-refractivity contribution in [3.05, 3.63) is 41.5 Å². The van der Waals surface area contributed by atoms with Crippen LogP contribution in [0.25, 0.3) is 0 Å². The fourth-order valence-corrected chi connectivity index (χ4v) is 2.40. The molecule has 1 aromatic rings. The molecular weight excluding hydrogens is 268 g/mol. The molecular formula is C16H20N2O3. The van der Waals surface area contributed by atoms with Gasteiger partial charge in [-0.3, -0.25) is 14.5 Å². The molecule has 0 fully saturated rings. The minimum absolute atomic E-state index is 0.0766. The molecule has 5 heteroatoms. The number of carbonyl (C=O) groups is 2. The van der Waals surface area contributed by atoms with E-state index in [4.69, 9.17) is 4.74 Å². The van der Waals surface area contributed by atoms with E-state index in [1.807, 2.05) is 43.3 Å². The van der Waals surface area contributed by atoms with E-state index in [1.54, 1.807) is 14.0 Å². The number of hydrogen-bond donors (Lipinski definition) is 0. The van der Waals surface area contributed by atoms with Gasteiger partial charge in [-0.05, 0) is 38.7 Å². The lowest BCUT2D eigenvalue weighted by molar-refractivity contribution is -0.138. The van der Waals surface area contributed by atoms with Gasteiger partial charge in [0.25, 0.3) is 11.8 Å². The highest BCUT2D eigenvalue weighted by atomic mass is 16.5. The Balaban J connectivity index is 2.24. The second-order valence-corrected chi connectivity index (χ2v) is 5.34. The Morgan fingerprint density at radius 3 is 2.52 bits per heavy atom. The number of amides is 2. The molecule has 1 unspecified atom stereocenters. The number of imide groups is 1. The summed E-state index contributed by atoms with van der Waals surface area (Å²) in [6.07, 6.45) is 1.39. The van der Waals surface area contributed by atoms with E-state index < -0.39 is 0 Å². The van der Waals surface area contributed by atoms with Crippen molar-refractivity contribution in [3.63, 3.8) is 0 Å². The van der Waals surface area contributed by atoms with Crippen molar-refractivity contribution in [2.24, 2.45) is 0 Å². The summed E-state index contributed by atoms with van der Waals surface area (Å²) in [4.78, 5) is 27.2. The zero-order valence-corrected chi connectivity index (χ0v) is 12.8. The summed E-state index contributed by atoms with van der Waals surface area (Å²) in [7, 11) is 5.47. The number of benzene rings is 1. The quantitative estimate of drug-likeness (QED) is 0.772. The third kappa shape index (κ3) is 3.13. The molecule has 0 N–H and O–H groups in total. The van der Waals surface area contributed by atoms with Gasteiger partial charge < -0.3 is 9.64 Å². The highest BCUT2D eigenvalue weighted by Crippen LogP contribution is 2.25. The summed E-state index contributed by atoms with van der Waals surface area (Å²) in [5.41, 5.74) is 1.49. The van der Waals surface area contributed by atoms with Crippen LogP contribution in [0.15, 0.2) is 35.9 Å². The van der Waals surface area contributed by atoms with Crippen LogP contribution in [0.1, 0.15) is 18.5 Å². The highest BCUT2D eigenvalue weighted by molar-refractivity contribution is 6.15. The first-order valence-electron chi connectivity index (χ1n) is 6.78. The van der Waals surface area contributed by atoms with E-state index in [9.17, 15) is 9.59 Å². The van der Waals surface area contributed by atoms with Crippen molar-refractivity contribution in [1.82, 2.24) is 9.80 Å². The maximum Gasteiger partial charge on any atom is 0.256 e. The highest BCUT2D eigenvalue weighted by Gasteiger charge is 2.31. The predicted molar refractivity (Wildman–Crippen MR) is 79.9 cm³/mol. The SMILES string of the molecule is COc1cccc(C(CN2C(=O)C=C(C)C2=O)N(C)C)c1. The summed E-state index contributed by atoms with van der Waals surface area (Å²) in [6.45, 7) is 1.99. The number of ether oxygens (including phenoxy) is 1. The Hall–Kier alpha value is -2.14. The summed E-state index contributed by atoms with van der Waals surface area (Å²) in [5, 5.41) is 0. The first-order chi connectivity index (χ1) is 9.93. The predicted octanol–water partition coefficient (Wildman–Crippen LogP) is 1.61. The largest absolute Gasteiger partial charge is 0.497 e. The minimum atomic E-state index is -0.243. The lowest BCUT2D eigenvalue weighted by Gasteiger charge is -2.28. The Morgan fingerprint density at radius 2 is 2.00 bits per heavy atom. The normalized spacial score (nSPS) is 16.4. The van der Waals surface area contributed by atoms with E-state index in [0.717, 1.165) is 11.3 Å². The van der Waals surface area contributed by atoms with Crippen LogP contribution in [-0.2, 0) is 9.59 Å². The van der Waals surface area contributed by atoms with E-state index in [-0.39, 0.29) is 17.9 Å². The number of rotatable bonds is 5. The third-order valence-electron chi connectivity index (χ3n) is 3.65. The van der Waals surface area contributed by atoms with Gasteiger partial charge >= 0.3 is 0 Å². The number of hydrogen-bond acceptors (Lipinski definition) is 4. The Labute approximate surface area is 124 Å². The summed E-state index contributed by atoms with van der Waals surface area (Å²) < 4.78 is 5.24. The Morgan fingerprint density at radius 1 is 1.29 bits per heavy atom. The van der Waals surface area contributed by atoms with Crippen molar-refractivity contribution in [1.29, 1.82) is 0 Å². The standard InChI is InChI=1S/C16H20N2O3/c1-11-8-15(19)18(16(11)20)10-14(17(2)3)12-6-5-7-13(9-12)21-4/h5-9,14H,10H2,1-4H3. The van der Waals surface area contributed by atoms with Crippen LogP contribution in [0.4, 0.5) is 0 Å². The van der Waals surface area contributed by atoms with Crippen LogP contribution >= 0.6 is 0 Å². The smallest absolute Gasteiger partial charge is 0.256 e. The van der Waals surface area contributed by atoms with E-state index >= 15 is 0 Å². The average molecular weight is 288 g/mol. The third-order valence-corrected chi connectivity index (χ3v) is 3.65. The topological polar surface area (TPSA) is 49.9 Å². The molecule has 0 bridgehead atoms. The van der Waals surface area contributed by atoms with Crippen LogP contribution in [-0.4, -0.2) is 49.4 Å². The van der Waals surface area contributed by atoms with Crippen molar-refractivity contribution in [2.45, 2.75) is 13.0 Å². The zero-order valence-electron chi connectivity index (χ0n) is 12.8. The molecule has 2 rings (SSSR count). The molecule has 112 valence electrons. The molecule has 1 aliphatic rings. The van der Waals surface area contributed by atoms with Crippen LogP contribution in [0.3, 0.4) is 0 Å². The van der Waals surface area contributed by atoms with Gasteiger partial charge in [-0.15, -0.1) is 0 Å². The molecule has 0 radical (unpaired) electrons. The van der Waals surface area contributed by atoms with Gasteiger partial charge in [0, 0.05) is 18.2 Å². The minimum Gasteiger partial charge on any atom is -0.497 e. The van der Waals surface area contributed by atoms with E-state index in [0.29, 0.717) is 12.1 Å². The molecule has 21 heavy (non-hydrogen) atoms. The Bertz CT molecular complexity index is 593. The zero-order chi connectivity index (χ0) is 15.6. The summed E-state index contributed by atoms with van der Waals surface area (Å²) in [5.74, 6) is 0.301. The van der Waals surface area contributed by atoms with Gasteiger partial charge in [-0.2, -0.15) is 0 Å². The van der Waals surface area contributed by atoms with Gasteiger partial charge in [0.1, 0.15) is 5.75 Å². The molecule has 0 saturated heterocycles. The Kier molecular flexibility index (Phi) is 4.43. The lowest BCUT2D eigenvalue weighted by Crippen LogP contribution is -2.38. The molecule has 1 aromatic carbocycles. The number of methoxy groups -OCH3 is 1. The van der Waals surface area contributed by atoms with Crippen LogP contribution < -0.4 is 4.74 Å². The monoisotopic (exact) mass is 288 g/mol. The molecule has 5 nitrogen and oxygen atoms in total. The average Bonchev–Trinajstić information content (AvgIpc) is 2.69. The first-order valence-corrected chi connectivity index (χ1v) is 6.78. The van der Waals surface area contributed by atoms with Crippen molar-refractivity contribution < 1.29 is 14.3 Å². The molecule has 0 spiro atoms. The number of nitrogens with zero attached hydrogens (tertiary/aromatic N) is 2. The van der Waals surface area contributed by atoms with Gasteiger partial charge in [-0.25, -0.2) is 0 Å². The van der Waals surface area contributed by atoms with Crippen LogP contribution in [0.2, 0.25) is 0 Å². The fraction of sp³-hybridized carbons (Fsp3) is 0.375. The van der Waals surface area contributed by atoms with Gasteiger partial charge in [0.05, 0.1) is 13.2 Å². The lowest BCUT2D eigenvalue weighted by atomic mass is 10.0. The van der Waals surface area contributed by atoms with E-state index in [2.05, 4.69) is 0 Å². The van der Waals surface area contributed by atoms with Crippen LogP contribution in [0, 0.1) is 0 Å².